The van der Waals surface area contributed by atoms with Gasteiger partial charge in [0.1, 0.15) is 28.2 Å². The number of nitro benzene ring substituents is 1. The largest absolute Gasteiger partial charge is 0.457 e. The highest BCUT2D eigenvalue weighted by Crippen LogP contribution is 2.37. The van der Waals surface area contributed by atoms with Crippen LogP contribution in [0.15, 0.2) is 58.5 Å². The summed E-state index contributed by atoms with van der Waals surface area (Å²) in [6, 6.07) is 10.6. The summed E-state index contributed by atoms with van der Waals surface area (Å²) in [7, 11) is 0. The van der Waals surface area contributed by atoms with Crippen LogP contribution in [0.2, 0.25) is 10.0 Å². The molecule has 7 nitrogen and oxygen atoms in total. The molecule has 0 saturated carbocycles. The predicted octanol–water partition coefficient (Wildman–Crippen LogP) is 6.73. The number of amides is 1. The van der Waals surface area contributed by atoms with E-state index in [4.69, 9.17) is 27.6 Å². The third-order valence-electron chi connectivity index (χ3n) is 4.22. The van der Waals surface area contributed by atoms with Crippen molar-refractivity contribution in [1.82, 2.24) is 0 Å². The summed E-state index contributed by atoms with van der Waals surface area (Å²) >= 11 is 11.9. The predicted molar refractivity (Wildman–Crippen MR) is 114 cm³/mol. The molecular weight excluding hydrogens is 486 g/mol. The number of furan rings is 1. The number of halogens is 5. The van der Waals surface area contributed by atoms with Crippen molar-refractivity contribution in [2.24, 2.45) is 0 Å². The van der Waals surface area contributed by atoms with Crippen LogP contribution in [0.1, 0.15) is 11.3 Å². The first-order valence-electron chi connectivity index (χ1n) is 8.83. The maximum atomic E-state index is 12.8. The second-order valence-electron chi connectivity index (χ2n) is 6.45. The third-order valence-corrected chi connectivity index (χ3v) is 4.84. The molecule has 0 radical (unpaired) electrons. The van der Waals surface area contributed by atoms with E-state index >= 15 is 0 Å². The maximum Gasteiger partial charge on any atom is 0.416 e. The third kappa shape index (κ3) is 5.52. The summed E-state index contributed by atoms with van der Waals surface area (Å²) in [6.07, 6.45) is -3.54. The number of hydrogen-bond donors (Lipinski definition) is 1. The lowest BCUT2D eigenvalue weighted by atomic mass is 10.1. The van der Waals surface area contributed by atoms with Crippen molar-refractivity contribution >= 4 is 46.6 Å². The van der Waals surface area contributed by atoms with Crippen molar-refractivity contribution in [2.75, 3.05) is 5.32 Å². The number of anilines is 1. The molecule has 0 unspecified atom stereocenters. The molecule has 0 bridgehead atoms. The summed E-state index contributed by atoms with van der Waals surface area (Å²) in [4.78, 5) is 22.8. The molecule has 3 aromatic rings. The zero-order valence-electron chi connectivity index (χ0n) is 16.1. The molecule has 0 aliphatic carbocycles. The zero-order chi connectivity index (χ0) is 24.3. The highest BCUT2D eigenvalue weighted by atomic mass is 35.5. The Labute approximate surface area is 193 Å². The molecule has 1 aromatic heterocycles. The Kier molecular flexibility index (Phi) is 6.76. The fourth-order valence-corrected chi connectivity index (χ4v) is 3.25. The van der Waals surface area contributed by atoms with Gasteiger partial charge in [0, 0.05) is 23.4 Å². The van der Waals surface area contributed by atoms with E-state index in [0.717, 1.165) is 30.3 Å². The lowest BCUT2D eigenvalue weighted by Crippen LogP contribution is -2.14. The van der Waals surface area contributed by atoms with Gasteiger partial charge in [-0.2, -0.15) is 18.4 Å². The number of nitriles is 1. The smallest absolute Gasteiger partial charge is 0.416 e. The molecule has 1 heterocycles. The molecule has 168 valence electrons. The fraction of sp³-hybridized carbons (Fsp3) is 0.0476. The normalized spacial score (nSPS) is 11.7. The van der Waals surface area contributed by atoms with Crippen molar-refractivity contribution in [3.8, 4) is 17.4 Å². The van der Waals surface area contributed by atoms with Gasteiger partial charge < -0.3 is 9.73 Å². The summed E-state index contributed by atoms with van der Waals surface area (Å²) in [6.45, 7) is 0. The molecule has 1 N–H and O–H groups in total. The average Bonchev–Trinajstić information content (AvgIpc) is 3.19. The average molecular weight is 496 g/mol. The van der Waals surface area contributed by atoms with Crippen LogP contribution in [0.5, 0.6) is 0 Å². The number of nitrogens with zero attached hydrogens (tertiary/aromatic N) is 2. The molecule has 3 rings (SSSR count). The van der Waals surface area contributed by atoms with E-state index < -0.39 is 33.8 Å². The quantitative estimate of drug-likeness (QED) is 0.182. The minimum atomic E-state index is -4.60. The second kappa shape index (κ2) is 9.36. The number of rotatable bonds is 5. The van der Waals surface area contributed by atoms with Crippen LogP contribution >= 0.6 is 23.2 Å². The van der Waals surface area contributed by atoms with Gasteiger partial charge in [-0.25, -0.2) is 0 Å². The number of nitrogens with one attached hydrogen (secondary N) is 1. The van der Waals surface area contributed by atoms with Crippen molar-refractivity contribution < 1.29 is 27.3 Å². The van der Waals surface area contributed by atoms with E-state index in [9.17, 15) is 33.3 Å². The Bertz CT molecular complexity index is 1330. The molecule has 0 aliphatic heterocycles. The van der Waals surface area contributed by atoms with Crippen molar-refractivity contribution in [1.29, 1.82) is 5.26 Å². The Balaban J connectivity index is 1.87. The van der Waals surface area contributed by atoms with Gasteiger partial charge in [-0.3, -0.25) is 14.9 Å². The van der Waals surface area contributed by atoms with Crippen LogP contribution in [0, 0.1) is 21.4 Å². The molecular formula is C21H10Cl2F3N3O4. The van der Waals surface area contributed by atoms with Gasteiger partial charge in [0.15, 0.2) is 0 Å². The number of carbonyl (C=O) groups is 1. The molecule has 2 aromatic carbocycles. The first kappa shape index (κ1) is 23.8. The Morgan fingerprint density at radius 2 is 1.88 bits per heavy atom. The molecule has 0 spiro atoms. The number of nitro groups is 1. The SMILES string of the molecule is N#C/C(=C/c1ccc(-c2cc([N+](=O)[O-])c(Cl)cc2Cl)o1)C(=O)Nc1cccc(C(F)(F)F)c1. The van der Waals surface area contributed by atoms with Crippen LogP contribution in [0.4, 0.5) is 24.5 Å². The van der Waals surface area contributed by atoms with Crippen LogP contribution in [0.25, 0.3) is 17.4 Å². The van der Waals surface area contributed by atoms with Gasteiger partial charge in [0.25, 0.3) is 11.6 Å². The second-order valence-corrected chi connectivity index (χ2v) is 7.26. The van der Waals surface area contributed by atoms with Crippen LogP contribution < -0.4 is 5.32 Å². The molecule has 0 aliphatic rings. The lowest BCUT2D eigenvalue weighted by Gasteiger charge is -2.09. The topological polar surface area (TPSA) is 109 Å². The standard InChI is InChI=1S/C21H10Cl2F3N3O4/c22-16-9-17(23)18(29(31)32)8-15(16)19-5-4-14(33-19)6-11(10-27)20(30)28-13-3-1-2-12(7-13)21(24,25)26/h1-9H,(H,28,30)/b11-6-. The van der Waals surface area contributed by atoms with Gasteiger partial charge in [-0.15, -0.1) is 0 Å². The molecule has 0 atom stereocenters. The van der Waals surface area contributed by atoms with E-state index in [1.807, 2.05) is 0 Å². The monoisotopic (exact) mass is 495 g/mol. The minimum absolute atomic E-state index is 0.0226. The Hall–Kier alpha value is -3.81. The van der Waals surface area contributed by atoms with Gasteiger partial charge in [0.2, 0.25) is 0 Å². The van der Waals surface area contributed by atoms with Crippen LogP contribution in [-0.2, 0) is 11.0 Å². The number of benzene rings is 2. The van der Waals surface area contributed by atoms with Crippen molar-refractivity contribution in [2.45, 2.75) is 6.18 Å². The number of carbonyl (C=O) groups excluding carboxylic acids is 1. The van der Waals surface area contributed by atoms with E-state index in [1.54, 1.807) is 6.07 Å². The fourth-order valence-electron chi connectivity index (χ4n) is 2.70. The summed E-state index contributed by atoms with van der Waals surface area (Å²) in [5, 5.41) is 22.5. The van der Waals surface area contributed by atoms with Crippen LogP contribution in [-0.4, -0.2) is 10.8 Å². The molecule has 12 heteroatoms. The highest BCUT2D eigenvalue weighted by Gasteiger charge is 2.30. The summed E-state index contributed by atoms with van der Waals surface area (Å²) in [5.74, 6) is -0.842. The van der Waals surface area contributed by atoms with Gasteiger partial charge in [-0.1, -0.05) is 29.3 Å². The Morgan fingerprint density at radius 1 is 1.15 bits per heavy atom. The maximum absolute atomic E-state index is 12.8. The van der Waals surface area contributed by atoms with Gasteiger partial charge in [-0.05, 0) is 36.4 Å². The van der Waals surface area contributed by atoms with E-state index in [0.29, 0.717) is 0 Å². The zero-order valence-corrected chi connectivity index (χ0v) is 17.6. The van der Waals surface area contributed by atoms with Gasteiger partial charge >= 0.3 is 6.18 Å². The van der Waals surface area contributed by atoms with Crippen molar-refractivity contribution in [3.63, 3.8) is 0 Å². The molecule has 0 fully saturated rings. The molecule has 33 heavy (non-hydrogen) atoms. The van der Waals surface area contributed by atoms with E-state index in [2.05, 4.69) is 5.32 Å². The van der Waals surface area contributed by atoms with Gasteiger partial charge in [0.05, 0.1) is 15.5 Å². The van der Waals surface area contributed by atoms with Crippen molar-refractivity contribution in [3.05, 3.63) is 85.6 Å². The molecule has 0 saturated heterocycles. The highest BCUT2D eigenvalue weighted by molar-refractivity contribution is 6.37. The number of hydrogen-bond acceptors (Lipinski definition) is 5. The summed E-state index contributed by atoms with van der Waals surface area (Å²) < 4.78 is 44.0. The van der Waals surface area contributed by atoms with E-state index in [-0.39, 0.29) is 32.8 Å². The Morgan fingerprint density at radius 3 is 2.52 bits per heavy atom. The first-order chi connectivity index (χ1) is 15.5. The lowest BCUT2D eigenvalue weighted by molar-refractivity contribution is -0.384. The summed E-state index contributed by atoms with van der Waals surface area (Å²) in [5.41, 5.74) is -1.83. The van der Waals surface area contributed by atoms with Crippen LogP contribution in [0.3, 0.4) is 0 Å². The van der Waals surface area contributed by atoms with E-state index in [1.165, 1.54) is 24.3 Å². The minimum Gasteiger partial charge on any atom is -0.457 e. The number of alkyl halides is 3. The first-order valence-corrected chi connectivity index (χ1v) is 9.59. The molecule has 1 amide bonds.